The first kappa shape index (κ1) is 20.6. The maximum Gasteiger partial charge on any atom is 0.270 e. The van der Waals surface area contributed by atoms with Gasteiger partial charge in [-0.15, -0.1) is 0 Å². The SMILES string of the molecule is O=[N+]([O-])c1ccc(N2CCCC(c3ccncn3)C2)c(S(=O)(=O)N2CCOCC2)c1. The van der Waals surface area contributed by atoms with Crippen molar-refractivity contribution in [2.75, 3.05) is 44.3 Å². The van der Waals surface area contributed by atoms with Crippen LogP contribution in [0.4, 0.5) is 11.4 Å². The van der Waals surface area contributed by atoms with E-state index in [0.717, 1.165) is 18.5 Å². The van der Waals surface area contributed by atoms with E-state index in [1.807, 2.05) is 11.0 Å². The van der Waals surface area contributed by atoms with Gasteiger partial charge in [-0.3, -0.25) is 10.1 Å². The summed E-state index contributed by atoms with van der Waals surface area (Å²) < 4.78 is 33.4. The van der Waals surface area contributed by atoms with E-state index in [1.54, 1.807) is 12.3 Å². The number of hydrogen-bond acceptors (Lipinski definition) is 8. The molecule has 0 amide bonds. The van der Waals surface area contributed by atoms with Crippen molar-refractivity contribution in [1.29, 1.82) is 0 Å². The first-order valence-corrected chi connectivity index (χ1v) is 11.3. The van der Waals surface area contributed by atoms with Gasteiger partial charge in [-0.1, -0.05) is 0 Å². The second kappa shape index (κ2) is 8.62. The average Bonchev–Trinajstić information content (AvgIpc) is 2.80. The zero-order valence-electron chi connectivity index (χ0n) is 16.4. The Kier molecular flexibility index (Phi) is 5.93. The van der Waals surface area contributed by atoms with E-state index in [0.29, 0.717) is 32.0 Å². The molecule has 2 fully saturated rings. The number of anilines is 1. The number of nitro groups is 1. The quantitative estimate of drug-likeness (QED) is 0.517. The van der Waals surface area contributed by atoms with E-state index in [-0.39, 0.29) is 29.6 Å². The second-order valence-electron chi connectivity index (χ2n) is 7.35. The summed E-state index contributed by atoms with van der Waals surface area (Å²) in [5.74, 6) is 0.135. The van der Waals surface area contributed by atoms with Crippen molar-refractivity contribution < 1.29 is 18.1 Å². The summed E-state index contributed by atoms with van der Waals surface area (Å²) in [7, 11) is -3.90. The average molecular weight is 433 g/mol. The van der Waals surface area contributed by atoms with Crippen LogP contribution in [0.3, 0.4) is 0 Å². The number of rotatable bonds is 5. The smallest absolute Gasteiger partial charge is 0.270 e. The largest absolute Gasteiger partial charge is 0.379 e. The summed E-state index contributed by atoms with van der Waals surface area (Å²) in [5.41, 5.74) is 1.16. The third kappa shape index (κ3) is 4.13. The first-order valence-electron chi connectivity index (χ1n) is 9.84. The van der Waals surface area contributed by atoms with E-state index in [9.17, 15) is 18.5 Å². The summed E-state index contributed by atoms with van der Waals surface area (Å²) >= 11 is 0. The summed E-state index contributed by atoms with van der Waals surface area (Å²) in [5, 5.41) is 11.3. The van der Waals surface area contributed by atoms with Crippen LogP contribution in [0.2, 0.25) is 0 Å². The lowest BCUT2D eigenvalue weighted by Gasteiger charge is -2.36. The van der Waals surface area contributed by atoms with Crippen LogP contribution in [0.25, 0.3) is 0 Å². The number of aromatic nitrogens is 2. The van der Waals surface area contributed by atoms with Crippen LogP contribution in [0.5, 0.6) is 0 Å². The van der Waals surface area contributed by atoms with E-state index in [4.69, 9.17) is 4.74 Å². The van der Waals surface area contributed by atoms with Gasteiger partial charge >= 0.3 is 0 Å². The summed E-state index contributed by atoms with van der Waals surface area (Å²) in [6.45, 7) is 2.33. The molecule has 11 heteroatoms. The fraction of sp³-hybridized carbons (Fsp3) is 0.474. The highest BCUT2D eigenvalue weighted by Gasteiger charge is 2.33. The third-order valence-corrected chi connectivity index (χ3v) is 7.46. The lowest BCUT2D eigenvalue weighted by molar-refractivity contribution is -0.385. The molecule has 0 N–H and O–H groups in total. The molecular formula is C19H23N5O5S. The number of benzene rings is 1. The molecule has 1 aromatic carbocycles. The van der Waals surface area contributed by atoms with Gasteiger partial charge in [0.25, 0.3) is 5.69 Å². The normalized spacial score (nSPS) is 20.8. The Morgan fingerprint density at radius 2 is 1.97 bits per heavy atom. The summed E-state index contributed by atoms with van der Waals surface area (Å²) in [4.78, 5) is 21.0. The minimum Gasteiger partial charge on any atom is -0.379 e. The van der Waals surface area contributed by atoms with Crippen LogP contribution in [0, 0.1) is 10.1 Å². The monoisotopic (exact) mass is 433 g/mol. The van der Waals surface area contributed by atoms with Gasteiger partial charge in [0.05, 0.1) is 23.8 Å². The highest BCUT2D eigenvalue weighted by molar-refractivity contribution is 7.89. The maximum atomic E-state index is 13.4. The molecule has 0 spiro atoms. The predicted molar refractivity (Wildman–Crippen MR) is 109 cm³/mol. The lowest BCUT2D eigenvalue weighted by Crippen LogP contribution is -2.42. The molecule has 2 aliphatic rings. The maximum absolute atomic E-state index is 13.4. The molecule has 10 nitrogen and oxygen atoms in total. The van der Waals surface area contributed by atoms with Crippen molar-refractivity contribution in [3.05, 3.63) is 52.6 Å². The summed E-state index contributed by atoms with van der Waals surface area (Å²) in [6, 6.07) is 5.96. The Morgan fingerprint density at radius 1 is 1.17 bits per heavy atom. The molecular weight excluding hydrogens is 410 g/mol. The van der Waals surface area contributed by atoms with Gasteiger partial charge in [0.1, 0.15) is 11.2 Å². The fourth-order valence-corrected chi connectivity index (χ4v) is 5.63. The topological polar surface area (TPSA) is 119 Å². The van der Waals surface area contributed by atoms with Gasteiger partial charge in [0, 0.05) is 56.1 Å². The van der Waals surface area contributed by atoms with E-state index in [1.165, 1.54) is 22.8 Å². The Bertz CT molecular complexity index is 1010. The molecule has 2 saturated heterocycles. The molecule has 1 atom stereocenters. The number of piperidine rings is 1. The highest BCUT2D eigenvalue weighted by atomic mass is 32.2. The molecule has 30 heavy (non-hydrogen) atoms. The van der Waals surface area contributed by atoms with Crippen molar-refractivity contribution >= 4 is 21.4 Å². The minimum absolute atomic E-state index is 0.0260. The summed E-state index contributed by atoms with van der Waals surface area (Å²) in [6.07, 6.45) is 5.00. The van der Waals surface area contributed by atoms with Crippen LogP contribution < -0.4 is 4.90 Å². The van der Waals surface area contributed by atoms with Gasteiger partial charge in [-0.2, -0.15) is 4.31 Å². The number of nitrogens with zero attached hydrogens (tertiary/aromatic N) is 5. The molecule has 1 unspecified atom stereocenters. The Labute approximate surface area is 174 Å². The van der Waals surface area contributed by atoms with Crippen LogP contribution in [0.1, 0.15) is 24.5 Å². The molecule has 2 aliphatic heterocycles. The van der Waals surface area contributed by atoms with Gasteiger partial charge in [-0.05, 0) is 25.0 Å². The van der Waals surface area contributed by atoms with E-state index >= 15 is 0 Å². The van der Waals surface area contributed by atoms with Crippen LogP contribution in [-0.4, -0.2) is 67.0 Å². The predicted octanol–water partition coefficient (Wildman–Crippen LogP) is 1.79. The Balaban J connectivity index is 1.71. The number of ether oxygens (including phenoxy) is 1. The van der Waals surface area contributed by atoms with Crippen LogP contribution in [0.15, 0.2) is 41.7 Å². The van der Waals surface area contributed by atoms with E-state index in [2.05, 4.69) is 9.97 Å². The van der Waals surface area contributed by atoms with Crippen molar-refractivity contribution in [3.63, 3.8) is 0 Å². The number of hydrogen-bond donors (Lipinski definition) is 0. The van der Waals surface area contributed by atoms with Crippen molar-refractivity contribution in [1.82, 2.24) is 14.3 Å². The van der Waals surface area contributed by atoms with Crippen molar-refractivity contribution in [3.8, 4) is 0 Å². The van der Waals surface area contributed by atoms with Crippen LogP contribution >= 0.6 is 0 Å². The van der Waals surface area contributed by atoms with Gasteiger partial charge in [-0.25, -0.2) is 18.4 Å². The van der Waals surface area contributed by atoms with E-state index < -0.39 is 14.9 Å². The zero-order chi connectivity index (χ0) is 21.1. The standard InChI is InChI=1S/C19H23N5O5S/c25-24(26)16-3-4-18(19(12-16)30(27,28)23-8-10-29-11-9-23)22-7-1-2-15(13-22)17-5-6-20-14-21-17/h3-6,12,14-15H,1-2,7-11,13H2. The molecule has 160 valence electrons. The molecule has 2 aromatic rings. The Hall–Kier alpha value is -2.63. The van der Waals surface area contributed by atoms with Crippen LogP contribution in [-0.2, 0) is 14.8 Å². The first-order chi connectivity index (χ1) is 14.5. The zero-order valence-corrected chi connectivity index (χ0v) is 17.2. The molecule has 1 aromatic heterocycles. The molecule has 0 bridgehead atoms. The Morgan fingerprint density at radius 3 is 2.67 bits per heavy atom. The molecule has 3 heterocycles. The third-order valence-electron chi connectivity index (χ3n) is 5.53. The molecule has 0 saturated carbocycles. The van der Waals surface area contributed by atoms with Gasteiger partial charge in [0.15, 0.2) is 0 Å². The number of sulfonamides is 1. The number of morpholine rings is 1. The molecule has 0 aliphatic carbocycles. The number of nitro benzene ring substituents is 1. The lowest BCUT2D eigenvalue weighted by atomic mass is 9.94. The highest BCUT2D eigenvalue weighted by Crippen LogP contribution is 2.36. The fourth-order valence-electron chi connectivity index (χ4n) is 3.99. The van der Waals surface area contributed by atoms with Gasteiger partial charge < -0.3 is 9.64 Å². The van der Waals surface area contributed by atoms with Crippen molar-refractivity contribution in [2.45, 2.75) is 23.7 Å². The van der Waals surface area contributed by atoms with Crippen molar-refractivity contribution in [2.24, 2.45) is 0 Å². The second-order valence-corrected chi connectivity index (χ2v) is 9.25. The molecule has 0 radical (unpaired) electrons. The number of non-ortho nitro benzene ring substituents is 1. The van der Waals surface area contributed by atoms with Gasteiger partial charge in [0.2, 0.25) is 10.0 Å². The minimum atomic E-state index is -3.90. The molecule has 4 rings (SSSR count).